The zero-order valence-corrected chi connectivity index (χ0v) is 37.0. The largest absolute Gasteiger partial charge is 0.454 e. The van der Waals surface area contributed by atoms with Crippen molar-refractivity contribution in [1.82, 2.24) is 0 Å². The minimum atomic E-state index is -0.375. The lowest BCUT2D eigenvalue weighted by Crippen LogP contribution is -2.18. The molecule has 0 N–H and O–H groups in total. The number of rotatable bonds is 6. The van der Waals surface area contributed by atoms with E-state index >= 15 is 0 Å². The molecule has 2 aromatic heterocycles. The first-order chi connectivity index (χ1) is 33.0. The molecule has 4 heteroatoms. The molecule has 0 radical (unpaired) electrons. The molecule has 0 amide bonds. The van der Waals surface area contributed by atoms with E-state index in [1.54, 1.807) is 0 Å². The van der Waals surface area contributed by atoms with Gasteiger partial charge in [0.2, 0.25) is 0 Å². The van der Waals surface area contributed by atoms with E-state index in [2.05, 4.69) is 242 Å². The Morgan fingerprint density at radius 1 is 0.343 bits per heavy atom. The maximum absolute atomic E-state index is 6.93. The molecule has 2 heterocycles. The number of benzene rings is 11. The Hall–Kier alpha value is -8.60. The lowest BCUT2D eigenvalue weighted by Gasteiger charge is -2.30. The van der Waals surface area contributed by atoms with Crippen LogP contribution in [-0.2, 0) is 5.41 Å². The highest BCUT2D eigenvalue weighted by atomic mass is 16.3. The fourth-order valence-corrected chi connectivity index (χ4v) is 11.3. The normalized spacial score (nSPS) is 13.0. The van der Waals surface area contributed by atoms with Gasteiger partial charge in [0.1, 0.15) is 11.2 Å². The Morgan fingerprint density at radius 3 is 1.39 bits per heavy atom. The van der Waals surface area contributed by atoms with E-state index < -0.39 is 0 Å². The Balaban J connectivity index is 1.01. The van der Waals surface area contributed by atoms with Crippen LogP contribution >= 0.6 is 0 Å². The summed E-state index contributed by atoms with van der Waals surface area (Å²) in [5, 5.41) is 11.6. The molecule has 316 valence electrons. The van der Waals surface area contributed by atoms with Crippen molar-refractivity contribution in [1.29, 1.82) is 0 Å². The van der Waals surface area contributed by atoms with Crippen LogP contribution in [0.2, 0.25) is 0 Å². The second kappa shape index (κ2) is 14.2. The van der Waals surface area contributed by atoms with Gasteiger partial charge in [-0.1, -0.05) is 166 Å². The molecule has 0 saturated carbocycles. The van der Waals surface area contributed by atoms with Crippen molar-refractivity contribution >= 4 is 110 Å². The average molecular weight is 859 g/mol. The van der Waals surface area contributed by atoms with Crippen LogP contribution in [0.3, 0.4) is 0 Å². The van der Waals surface area contributed by atoms with Crippen LogP contribution < -0.4 is 9.80 Å². The van der Waals surface area contributed by atoms with Crippen molar-refractivity contribution in [2.45, 2.75) is 19.3 Å². The van der Waals surface area contributed by atoms with Crippen molar-refractivity contribution in [2.75, 3.05) is 9.80 Å². The van der Waals surface area contributed by atoms with Crippen molar-refractivity contribution < 1.29 is 8.83 Å². The maximum Gasteiger partial charge on any atom is 0.160 e. The summed E-state index contributed by atoms with van der Waals surface area (Å²) >= 11 is 0. The van der Waals surface area contributed by atoms with Gasteiger partial charge in [-0.15, -0.1) is 0 Å². The Labute approximate surface area is 387 Å². The van der Waals surface area contributed by atoms with Crippen LogP contribution in [-0.4, -0.2) is 0 Å². The first-order valence-electron chi connectivity index (χ1n) is 23.1. The molecule has 0 saturated heterocycles. The fourth-order valence-electron chi connectivity index (χ4n) is 11.3. The Morgan fingerprint density at radius 2 is 0.806 bits per heavy atom. The predicted octanol–water partition coefficient (Wildman–Crippen LogP) is 18.2. The highest BCUT2D eigenvalue weighted by Gasteiger charge is 2.39. The number of hydrogen-bond donors (Lipinski definition) is 0. The third-order valence-electron chi connectivity index (χ3n) is 14.4. The molecular weight excluding hydrogens is 817 g/mol. The molecule has 14 rings (SSSR count). The van der Waals surface area contributed by atoms with Gasteiger partial charge >= 0.3 is 0 Å². The highest BCUT2D eigenvalue weighted by molar-refractivity contribution is 6.25. The van der Waals surface area contributed by atoms with E-state index in [1.165, 1.54) is 49.2 Å². The number of fused-ring (bicyclic) bond motifs is 15. The van der Waals surface area contributed by atoms with Gasteiger partial charge in [0.05, 0.1) is 17.1 Å². The molecule has 0 fully saturated rings. The number of nitrogens with zero attached hydrogens (tertiary/aromatic N) is 2. The number of hydrogen-bond acceptors (Lipinski definition) is 4. The summed E-state index contributed by atoms with van der Waals surface area (Å²) in [4.78, 5) is 4.81. The summed E-state index contributed by atoms with van der Waals surface area (Å²) in [6, 6.07) is 78.8. The third-order valence-corrected chi connectivity index (χ3v) is 14.4. The average Bonchev–Trinajstić information content (AvgIpc) is 4.04. The van der Waals surface area contributed by atoms with Gasteiger partial charge in [-0.25, -0.2) is 0 Å². The lowest BCUT2D eigenvalue weighted by molar-refractivity contribution is 0.660. The Kier molecular flexibility index (Phi) is 8.00. The van der Waals surface area contributed by atoms with E-state index in [9.17, 15) is 0 Å². The molecule has 0 aliphatic heterocycles. The summed E-state index contributed by atoms with van der Waals surface area (Å²) < 4.78 is 13.8. The van der Waals surface area contributed by atoms with Gasteiger partial charge in [-0.2, -0.15) is 0 Å². The van der Waals surface area contributed by atoms with Gasteiger partial charge in [-0.3, -0.25) is 0 Å². The van der Waals surface area contributed by atoms with Gasteiger partial charge in [-0.05, 0) is 116 Å². The second-order valence-corrected chi connectivity index (χ2v) is 18.4. The van der Waals surface area contributed by atoms with Crippen LogP contribution in [0.15, 0.2) is 227 Å². The van der Waals surface area contributed by atoms with Crippen LogP contribution in [0.4, 0.5) is 34.1 Å². The van der Waals surface area contributed by atoms with Crippen LogP contribution in [0.5, 0.6) is 0 Å². The number of anilines is 6. The van der Waals surface area contributed by atoms with E-state index in [0.717, 1.165) is 83.4 Å². The molecule has 0 unspecified atom stereocenters. The van der Waals surface area contributed by atoms with Crippen LogP contribution in [0.25, 0.3) is 87.3 Å². The van der Waals surface area contributed by atoms with Crippen molar-refractivity contribution in [3.63, 3.8) is 0 Å². The molecule has 13 aromatic rings. The SMILES string of the molecule is CC1(C)c2cc(N(c3ccccc3)c3cc4ccccc4c4c3oc3ccccc34)ccc2-c2c1cc(N(c1ccccc1)c1cc3ccccc3c3c1oc1ccccc13)c1ccccc21. The molecular formula is C63H42N2O2. The molecule has 11 aromatic carbocycles. The van der Waals surface area contributed by atoms with Gasteiger partial charge in [0, 0.05) is 49.4 Å². The van der Waals surface area contributed by atoms with Crippen LogP contribution in [0.1, 0.15) is 25.0 Å². The van der Waals surface area contributed by atoms with E-state index in [4.69, 9.17) is 8.83 Å². The summed E-state index contributed by atoms with van der Waals surface area (Å²) in [7, 11) is 0. The number of furan rings is 2. The van der Waals surface area contributed by atoms with Crippen LogP contribution in [0, 0.1) is 0 Å². The molecule has 1 aliphatic rings. The zero-order chi connectivity index (χ0) is 44.4. The fraction of sp³-hybridized carbons (Fsp3) is 0.0476. The topological polar surface area (TPSA) is 32.8 Å². The molecule has 0 bridgehead atoms. The smallest absolute Gasteiger partial charge is 0.160 e. The predicted molar refractivity (Wildman–Crippen MR) is 280 cm³/mol. The zero-order valence-electron chi connectivity index (χ0n) is 37.0. The molecule has 0 spiro atoms. The molecule has 67 heavy (non-hydrogen) atoms. The minimum absolute atomic E-state index is 0.375. The minimum Gasteiger partial charge on any atom is -0.454 e. The third kappa shape index (κ3) is 5.47. The van der Waals surface area contributed by atoms with Crippen molar-refractivity contribution in [3.8, 4) is 11.1 Å². The number of para-hydroxylation sites is 4. The first-order valence-corrected chi connectivity index (χ1v) is 23.1. The second-order valence-electron chi connectivity index (χ2n) is 18.4. The molecule has 1 aliphatic carbocycles. The van der Waals surface area contributed by atoms with Crippen molar-refractivity contribution in [2.24, 2.45) is 0 Å². The first kappa shape index (κ1) is 37.7. The van der Waals surface area contributed by atoms with E-state index in [0.29, 0.717) is 0 Å². The highest BCUT2D eigenvalue weighted by Crippen LogP contribution is 2.57. The summed E-state index contributed by atoms with van der Waals surface area (Å²) in [5.41, 5.74) is 14.5. The van der Waals surface area contributed by atoms with E-state index in [1.807, 2.05) is 0 Å². The quantitative estimate of drug-likeness (QED) is 0.167. The summed E-state index contributed by atoms with van der Waals surface area (Å²) in [6.07, 6.45) is 0. The molecule has 0 atom stereocenters. The van der Waals surface area contributed by atoms with Gasteiger partial charge in [0.15, 0.2) is 11.2 Å². The summed E-state index contributed by atoms with van der Waals surface area (Å²) in [6.45, 7) is 4.78. The lowest BCUT2D eigenvalue weighted by atomic mass is 9.81. The Bertz CT molecular complexity index is 4140. The summed E-state index contributed by atoms with van der Waals surface area (Å²) in [5.74, 6) is 0. The standard InChI is InChI=1S/C63H42N2O2/c1-63(2)51-37-43(64(41-21-5-3-6-22-41)54-35-39-19-9-11-25-44(39)59-49-29-15-17-31-56(49)66-61(54)59)33-34-48(51)58-47-28-14-13-27-46(47)53(38-52(58)63)65(42-23-7-4-8-24-42)55-36-40-20-10-12-26-45(40)60-50-30-16-18-32-57(50)67-62(55)60/h3-38H,1-2H3. The van der Waals surface area contributed by atoms with Gasteiger partial charge in [0.25, 0.3) is 0 Å². The van der Waals surface area contributed by atoms with Crippen molar-refractivity contribution in [3.05, 3.63) is 230 Å². The van der Waals surface area contributed by atoms with Gasteiger partial charge < -0.3 is 18.6 Å². The maximum atomic E-state index is 6.93. The monoisotopic (exact) mass is 858 g/mol. The molecule has 4 nitrogen and oxygen atoms in total. The van der Waals surface area contributed by atoms with E-state index in [-0.39, 0.29) is 5.41 Å².